The van der Waals surface area contributed by atoms with Gasteiger partial charge >= 0.3 is 0 Å². The van der Waals surface area contributed by atoms with Gasteiger partial charge < -0.3 is 10.2 Å². The minimum atomic E-state index is 0.655. The molecule has 0 aromatic heterocycles. The second-order valence-corrected chi connectivity index (χ2v) is 6.28. The van der Waals surface area contributed by atoms with Crippen molar-refractivity contribution in [2.45, 2.75) is 64.7 Å². The maximum absolute atomic E-state index is 3.62. The van der Waals surface area contributed by atoms with Crippen molar-refractivity contribution in [1.82, 2.24) is 15.1 Å². The Bertz CT molecular complexity index is 224. The molecule has 0 aromatic rings. The van der Waals surface area contributed by atoms with Gasteiger partial charge in [0, 0.05) is 37.3 Å². The highest BCUT2D eigenvalue weighted by Crippen LogP contribution is 2.20. The summed E-state index contributed by atoms with van der Waals surface area (Å²) in [4.78, 5) is 5.34. The van der Waals surface area contributed by atoms with E-state index >= 15 is 0 Å². The predicted octanol–water partition coefficient (Wildman–Crippen LogP) is 1.54. The molecule has 100 valence electrons. The monoisotopic (exact) mass is 239 g/mol. The van der Waals surface area contributed by atoms with Gasteiger partial charge in [0.1, 0.15) is 0 Å². The van der Waals surface area contributed by atoms with E-state index in [0.29, 0.717) is 12.1 Å². The number of nitrogens with zero attached hydrogens (tertiary/aromatic N) is 2. The number of hydrogen-bond donors (Lipinski definition) is 1. The minimum Gasteiger partial charge on any atom is -0.309 e. The van der Waals surface area contributed by atoms with Gasteiger partial charge in [-0.1, -0.05) is 0 Å². The molecular weight excluding hydrogens is 210 g/mol. The summed E-state index contributed by atoms with van der Waals surface area (Å²) in [6, 6.07) is 2.86. The number of piperazine rings is 1. The van der Waals surface area contributed by atoms with Gasteiger partial charge in [0.2, 0.25) is 0 Å². The normalized spacial score (nSPS) is 34.4. The fourth-order valence-corrected chi connectivity index (χ4v) is 3.43. The molecule has 17 heavy (non-hydrogen) atoms. The van der Waals surface area contributed by atoms with Crippen LogP contribution in [0.1, 0.15) is 40.5 Å². The molecule has 3 nitrogen and oxygen atoms in total. The highest BCUT2D eigenvalue weighted by molar-refractivity contribution is 4.88. The van der Waals surface area contributed by atoms with Gasteiger partial charge in [-0.05, 0) is 53.6 Å². The average molecular weight is 239 g/mol. The Morgan fingerprint density at radius 3 is 2.00 bits per heavy atom. The second kappa shape index (κ2) is 5.68. The molecule has 0 spiro atoms. The van der Waals surface area contributed by atoms with Gasteiger partial charge in [0.25, 0.3) is 0 Å². The topological polar surface area (TPSA) is 18.5 Å². The first-order valence-electron chi connectivity index (χ1n) is 7.30. The summed E-state index contributed by atoms with van der Waals surface area (Å²) in [6.07, 6.45) is 2.72. The first-order valence-corrected chi connectivity index (χ1v) is 7.30. The molecule has 0 aliphatic carbocycles. The van der Waals surface area contributed by atoms with Gasteiger partial charge in [-0.15, -0.1) is 0 Å². The van der Waals surface area contributed by atoms with Crippen LogP contribution in [0.15, 0.2) is 0 Å². The lowest BCUT2D eigenvalue weighted by Gasteiger charge is -2.44. The fraction of sp³-hybridized carbons (Fsp3) is 1.00. The molecule has 0 radical (unpaired) electrons. The van der Waals surface area contributed by atoms with Crippen LogP contribution in [0, 0.1) is 0 Å². The van der Waals surface area contributed by atoms with Crippen molar-refractivity contribution in [3.05, 3.63) is 0 Å². The van der Waals surface area contributed by atoms with E-state index in [0.717, 1.165) is 12.1 Å². The molecule has 0 bridgehead atoms. The molecule has 2 aliphatic rings. The number of rotatable bonds is 2. The molecule has 1 N–H and O–H groups in total. The summed E-state index contributed by atoms with van der Waals surface area (Å²) in [7, 11) is 0. The average Bonchev–Trinajstić information content (AvgIpc) is 2.28. The van der Waals surface area contributed by atoms with Crippen LogP contribution >= 0.6 is 0 Å². The fourth-order valence-electron chi connectivity index (χ4n) is 3.43. The maximum Gasteiger partial charge on any atom is 0.0169 e. The summed E-state index contributed by atoms with van der Waals surface area (Å²) >= 11 is 0. The molecule has 2 rings (SSSR count). The quantitative estimate of drug-likeness (QED) is 0.788. The minimum absolute atomic E-state index is 0.655. The molecule has 2 heterocycles. The van der Waals surface area contributed by atoms with Crippen molar-refractivity contribution in [3.63, 3.8) is 0 Å². The second-order valence-electron chi connectivity index (χ2n) is 6.28. The molecule has 2 aliphatic heterocycles. The van der Waals surface area contributed by atoms with Crippen molar-refractivity contribution in [1.29, 1.82) is 0 Å². The lowest BCUT2D eigenvalue weighted by Crippen LogP contribution is -2.58. The smallest absolute Gasteiger partial charge is 0.0169 e. The van der Waals surface area contributed by atoms with E-state index < -0.39 is 0 Å². The SMILES string of the molecule is CC1CN(C2CCN(C(C)C)CC2)CC(C)N1. The van der Waals surface area contributed by atoms with E-state index in [4.69, 9.17) is 0 Å². The van der Waals surface area contributed by atoms with E-state index in [9.17, 15) is 0 Å². The van der Waals surface area contributed by atoms with Gasteiger partial charge in [0.15, 0.2) is 0 Å². The van der Waals surface area contributed by atoms with E-state index in [1.54, 1.807) is 0 Å². The first kappa shape index (κ1) is 13.3. The lowest BCUT2D eigenvalue weighted by molar-refractivity contribution is 0.0624. The van der Waals surface area contributed by atoms with Crippen molar-refractivity contribution in [2.24, 2.45) is 0 Å². The summed E-state index contributed by atoms with van der Waals surface area (Å²) in [5, 5.41) is 3.62. The standard InChI is InChI=1S/C14H29N3/c1-11(2)16-7-5-14(6-8-16)17-9-12(3)15-13(4)10-17/h11-15H,5-10H2,1-4H3. The largest absolute Gasteiger partial charge is 0.309 e. The molecule has 2 fully saturated rings. The highest BCUT2D eigenvalue weighted by atomic mass is 15.3. The molecule has 2 unspecified atom stereocenters. The van der Waals surface area contributed by atoms with E-state index in [2.05, 4.69) is 42.8 Å². The van der Waals surface area contributed by atoms with Gasteiger partial charge in [-0.2, -0.15) is 0 Å². The van der Waals surface area contributed by atoms with Gasteiger partial charge in [-0.25, -0.2) is 0 Å². The Morgan fingerprint density at radius 1 is 1.00 bits per heavy atom. The Labute approximate surface area is 107 Å². The van der Waals surface area contributed by atoms with Crippen LogP contribution in [0.25, 0.3) is 0 Å². The van der Waals surface area contributed by atoms with E-state index in [1.807, 2.05) is 0 Å². The van der Waals surface area contributed by atoms with Crippen LogP contribution in [0.2, 0.25) is 0 Å². The van der Waals surface area contributed by atoms with Gasteiger partial charge in [-0.3, -0.25) is 4.90 Å². The first-order chi connectivity index (χ1) is 8.06. The Balaban J connectivity index is 1.83. The van der Waals surface area contributed by atoms with Crippen molar-refractivity contribution < 1.29 is 0 Å². The Kier molecular flexibility index (Phi) is 4.45. The number of piperidine rings is 1. The summed E-state index contributed by atoms with van der Waals surface area (Å²) in [5.74, 6) is 0. The molecule has 0 saturated carbocycles. The third-order valence-electron chi connectivity index (χ3n) is 4.33. The third kappa shape index (κ3) is 3.43. The summed E-state index contributed by atoms with van der Waals surface area (Å²) in [6.45, 7) is 14.3. The summed E-state index contributed by atoms with van der Waals surface area (Å²) < 4.78 is 0. The third-order valence-corrected chi connectivity index (χ3v) is 4.33. The van der Waals surface area contributed by atoms with Crippen LogP contribution in [-0.4, -0.2) is 60.1 Å². The number of hydrogen-bond acceptors (Lipinski definition) is 3. The van der Waals surface area contributed by atoms with E-state index in [-0.39, 0.29) is 0 Å². The number of likely N-dealkylation sites (tertiary alicyclic amines) is 1. The van der Waals surface area contributed by atoms with Crippen LogP contribution < -0.4 is 5.32 Å². The maximum atomic E-state index is 3.62. The Hall–Kier alpha value is -0.120. The lowest BCUT2D eigenvalue weighted by atomic mass is 9.99. The van der Waals surface area contributed by atoms with Crippen LogP contribution in [0.3, 0.4) is 0 Å². The predicted molar refractivity (Wildman–Crippen MR) is 73.4 cm³/mol. The number of nitrogens with one attached hydrogen (secondary N) is 1. The van der Waals surface area contributed by atoms with E-state index in [1.165, 1.54) is 39.0 Å². The Morgan fingerprint density at radius 2 is 1.53 bits per heavy atom. The zero-order chi connectivity index (χ0) is 12.4. The van der Waals surface area contributed by atoms with Gasteiger partial charge in [0.05, 0.1) is 0 Å². The molecule has 3 heteroatoms. The molecule has 2 atom stereocenters. The van der Waals surface area contributed by atoms with Crippen molar-refractivity contribution in [3.8, 4) is 0 Å². The zero-order valence-corrected chi connectivity index (χ0v) is 11.9. The molecule has 0 amide bonds. The molecule has 0 aromatic carbocycles. The van der Waals surface area contributed by atoms with Crippen LogP contribution in [0.4, 0.5) is 0 Å². The summed E-state index contributed by atoms with van der Waals surface area (Å²) in [5.41, 5.74) is 0. The zero-order valence-electron chi connectivity index (χ0n) is 11.9. The van der Waals surface area contributed by atoms with Crippen molar-refractivity contribution >= 4 is 0 Å². The van der Waals surface area contributed by atoms with Crippen LogP contribution in [-0.2, 0) is 0 Å². The molecule has 2 saturated heterocycles. The highest BCUT2D eigenvalue weighted by Gasteiger charge is 2.29. The molecular formula is C14H29N3. The van der Waals surface area contributed by atoms with Crippen LogP contribution in [0.5, 0.6) is 0 Å². The van der Waals surface area contributed by atoms with Crippen molar-refractivity contribution in [2.75, 3.05) is 26.2 Å².